The van der Waals surface area contributed by atoms with Gasteiger partial charge in [-0.2, -0.15) is 9.59 Å². The number of methoxy groups -OCH3 is 2. The molecule has 95 heavy (non-hydrogen) atoms. The van der Waals surface area contributed by atoms with Crippen LogP contribution in [0.15, 0.2) is 127 Å². The summed E-state index contributed by atoms with van der Waals surface area (Å²) in [7, 11) is 3.39. The standard InChI is InChI=1S/C12H10N3O2.C11H10N3O.C10H12O2.2C9H12O.2C9H12.CO2.4CH4.5Cs.H2O.2H2/c1-7-3-4-8(2)9(5-7)10-13-6-14-11(15-10)12(16)17;1-7-3-4-8(2)9(5-7)10-12-6-13-11(15)14-10;1-7-3-4-8(2)9(5-7)6-10(11)12;2*1-7-4-5-8(2)9(6-7)10-3;2*1-7-4-5-8(2)9(3)6-7;2-1-3;;;;;;;;;;;;/h3-5H,1-2H3,(H,16,17);3-5H,1-2H3,(H,12,13,14,15);3-5H,6H2,1-2H3,(H,11,12);2*4-6H,1-3H3;2*4-6H,1-3H3;;4*1H4;;;;;;1H2;2*1H/q2*-1;;;;;;;;;;;5*+1;;;/p-4. The number of aromatic carboxylic acids is 1. The largest absolute Gasteiger partial charge is 1.00 e. The van der Waals surface area contributed by atoms with Crippen LogP contribution in [-0.4, -0.2) is 67.7 Å². The summed E-state index contributed by atoms with van der Waals surface area (Å²) in [6.07, 6.45) is 4.83. The molecule has 21 heteroatoms. The molecule has 9 aromatic rings. The third-order valence-corrected chi connectivity index (χ3v) is 12.8. The number of aromatic nitrogens is 6. The number of carbonyl (C=O) groups excluding carboxylic acids is 4. The summed E-state index contributed by atoms with van der Waals surface area (Å²) < 4.78 is 10.3. The molecule has 0 amide bonds. The number of hydrogen-bond donors (Lipinski definition) is 0. The van der Waals surface area contributed by atoms with E-state index in [9.17, 15) is 24.9 Å². The molecule has 490 valence electrons. The maximum atomic E-state index is 11.0. The van der Waals surface area contributed by atoms with E-state index in [1.807, 2.05) is 122 Å². The van der Waals surface area contributed by atoms with E-state index in [2.05, 4.69) is 159 Å². The van der Waals surface area contributed by atoms with Gasteiger partial charge in [0.2, 0.25) is 0 Å². The minimum atomic E-state index is -1.43. The number of ether oxygens (including phenoxy) is 2. The Bertz CT molecular complexity index is 3600. The van der Waals surface area contributed by atoms with Crippen molar-refractivity contribution < 1.29 is 397 Å². The van der Waals surface area contributed by atoms with Crippen LogP contribution in [0, 0.1) is 123 Å². The van der Waals surface area contributed by atoms with Gasteiger partial charge in [0.05, 0.1) is 26.0 Å². The third-order valence-electron chi connectivity index (χ3n) is 12.8. The van der Waals surface area contributed by atoms with E-state index in [1.54, 1.807) is 14.2 Å². The van der Waals surface area contributed by atoms with Gasteiger partial charge in [-0.25, -0.2) is 0 Å². The molecule has 2 heterocycles. The second-order valence-electron chi connectivity index (χ2n) is 20.2. The number of carbonyl (C=O) groups is 2. The first kappa shape index (κ1) is 114. The molecule has 0 aliphatic carbocycles. The van der Waals surface area contributed by atoms with Crippen LogP contribution in [0.4, 0.5) is 0 Å². The summed E-state index contributed by atoms with van der Waals surface area (Å²) in [5.41, 5.74) is 21.7. The second-order valence-corrected chi connectivity index (χ2v) is 20.2. The summed E-state index contributed by atoms with van der Waals surface area (Å²) in [6.45, 7) is 32.6. The smallest absolute Gasteiger partial charge is 0.902 e. The molecule has 1 N–H and O–H groups in total. The fourth-order valence-corrected chi connectivity index (χ4v) is 7.59. The Labute approximate surface area is 866 Å². The van der Waals surface area contributed by atoms with Crippen molar-refractivity contribution in [1.29, 1.82) is 0 Å². The monoisotopic (exact) mass is 1900 g/mol. The van der Waals surface area contributed by atoms with Crippen LogP contribution in [-0.2, 0) is 20.8 Å². The van der Waals surface area contributed by atoms with Gasteiger partial charge in [0.15, 0.2) is 0 Å². The summed E-state index contributed by atoms with van der Waals surface area (Å²) in [5.74, 6) is -0.244. The third kappa shape index (κ3) is 46.8. The van der Waals surface area contributed by atoms with Crippen molar-refractivity contribution in [2.75, 3.05) is 14.2 Å². The first-order valence-corrected chi connectivity index (χ1v) is 27.0. The molecule has 0 spiro atoms. The molecule has 0 fully saturated rings. The van der Waals surface area contributed by atoms with Crippen LogP contribution < -0.4 is 369 Å². The number of nitrogens with zero attached hydrogens (tertiary/aromatic N) is 6. The molecule has 0 atom stereocenters. The van der Waals surface area contributed by atoms with Gasteiger partial charge in [0.1, 0.15) is 11.5 Å². The summed E-state index contributed by atoms with van der Waals surface area (Å²) in [4.78, 5) is 59.2. The van der Waals surface area contributed by atoms with Gasteiger partial charge in [-0.05, 0) is 190 Å². The Balaban J connectivity index is -0.0000000972. The van der Waals surface area contributed by atoms with Gasteiger partial charge in [-0.15, -0.1) is 0 Å². The van der Waals surface area contributed by atoms with E-state index < -0.39 is 23.8 Å². The van der Waals surface area contributed by atoms with Gasteiger partial charge in [0, 0.05) is 39.5 Å². The molecule has 0 aliphatic rings. The maximum absolute atomic E-state index is 11.0. The van der Waals surface area contributed by atoms with E-state index in [1.165, 1.54) is 55.6 Å². The van der Waals surface area contributed by atoms with Crippen molar-refractivity contribution in [3.8, 4) is 40.3 Å². The Hall–Kier alpha value is 0.500. The zero-order valence-corrected chi connectivity index (χ0v) is 89.0. The Morgan fingerprint density at radius 3 is 1.01 bits per heavy atom. The number of aryl methyl sites for hydroxylation is 16. The topological polar surface area (TPSA) is 263 Å². The van der Waals surface area contributed by atoms with Gasteiger partial charge >= 0.3 is 351 Å². The SMILES string of the molecule is C.C.C.C.COc1cc(C)ccc1C.COc1cc(C)ccc1C.Cc1ccc(C)c(-c2n[c-]nc(C(=O)[O-])n2)c1.Cc1ccc(C)c(-c2n[c-]nc([O-])n2)c1.Cc1ccc(C)c(C)c1.Cc1ccc(C)c(C)c1.Cc1ccc(C)c(CC(=O)[O-])c1.O=C=O.[Cs+].[Cs+].[Cs+].[Cs+].[Cs+].[HH].[HH].[OH-]. The predicted octanol–water partition coefficient (Wildman–Crippen LogP) is -0.912. The Morgan fingerprint density at radius 2 is 0.705 bits per heavy atom. The number of hydrogen-bond acceptors (Lipinski definition) is 16. The van der Waals surface area contributed by atoms with Crippen LogP contribution in [0.3, 0.4) is 0 Å². The van der Waals surface area contributed by atoms with Crippen LogP contribution in [0.5, 0.6) is 17.5 Å². The number of carboxylic acid groups (broad SMARTS) is 2. The average molecular weight is 1900 g/mol. The van der Waals surface area contributed by atoms with E-state index in [-0.39, 0.29) is 395 Å². The molecular weight excluding hydrogens is 1800 g/mol. The van der Waals surface area contributed by atoms with Crippen LogP contribution in [0.2, 0.25) is 0 Å². The van der Waals surface area contributed by atoms with Crippen LogP contribution in [0.25, 0.3) is 22.8 Å². The van der Waals surface area contributed by atoms with Crippen molar-refractivity contribution in [3.05, 3.63) is 240 Å². The average Bonchev–Trinajstić information content (AvgIpc) is 0.864. The van der Waals surface area contributed by atoms with Gasteiger partial charge in [-0.3, -0.25) is 0 Å². The molecule has 0 saturated carbocycles. The fourth-order valence-electron chi connectivity index (χ4n) is 7.59. The molecular formula is C74H98Cs5N6O10-. The van der Waals surface area contributed by atoms with Crippen molar-refractivity contribution in [2.45, 2.75) is 147 Å². The first-order chi connectivity index (χ1) is 40.1. The first-order valence-electron chi connectivity index (χ1n) is 27.0. The Morgan fingerprint density at radius 1 is 0.411 bits per heavy atom. The number of rotatable bonds is 7. The molecule has 9 rings (SSSR count). The van der Waals surface area contributed by atoms with Crippen molar-refractivity contribution in [1.82, 2.24) is 29.9 Å². The minimum Gasteiger partial charge on any atom is -0.902 e. The minimum absolute atomic E-state index is 0. The molecule has 0 unspecified atom stereocenters. The van der Waals surface area contributed by atoms with Crippen molar-refractivity contribution in [3.63, 3.8) is 0 Å². The van der Waals surface area contributed by atoms with Crippen molar-refractivity contribution in [2.24, 2.45) is 0 Å². The summed E-state index contributed by atoms with van der Waals surface area (Å²) >= 11 is 0. The van der Waals surface area contributed by atoms with Crippen LogP contribution >= 0.6 is 0 Å². The molecule has 0 bridgehead atoms. The van der Waals surface area contributed by atoms with E-state index in [4.69, 9.17) is 19.1 Å². The normalized spacial score (nSPS) is 8.61. The van der Waals surface area contributed by atoms with Crippen LogP contribution in [0.1, 0.15) is 138 Å². The quantitative estimate of drug-likeness (QED) is 0.175. The van der Waals surface area contributed by atoms with Gasteiger partial charge < -0.3 is 69.8 Å². The van der Waals surface area contributed by atoms with Gasteiger partial charge in [-0.1, -0.05) is 190 Å². The second kappa shape index (κ2) is 63.0. The Kier molecular flexibility index (Phi) is 75.6. The van der Waals surface area contributed by atoms with E-state index in [0.29, 0.717) is 11.6 Å². The zero-order chi connectivity index (χ0) is 63.9. The maximum Gasteiger partial charge on any atom is 1.00 e. The van der Waals surface area contributed by atoms with E-state index in [0.717, 1.165) is 61.6 Å². The van der Waals surface area contributed by atoms with Crippen molar-refractivity contribution >= 4 is 18.1 Å². The summed E-state index contributed by atoms with van der Waals surface area (Å²) in [5, 5.41) is 31.9. The summed E-state index contributed by atoms with van der Waals surface area (Å²) in [6, 6.07) is 42.3. The molecule has 0 radical (unpaired) electrons. The molecule has 16 nitrogen and oxygen atoms in total. The molecule has 7 aromatic carbocycles. The molecule has 0 aliphatic heterocycles. The predicted molar refractivity (Wildman–Crippen MR) is 360 cm³/mol. The zero-order valence-electron chi connectivity index (χ0n) is 57.6. The fraction of sp³-hybridized carbons (Fsp3) is 0.311. The number of carboxylic acids is 2. The number of aliphatic carboxylic acids is 1. The van der Waals surface area contributed by atoms with E-state index >= 15 is 0 Å². The van der Waals surface area contributed by atoms with Gasteiger partial charge in [0.25, 0.3) is 0 Å². The molecule has 2 aromatic heterocycles. The molecule has 0 saturated heterocycles. The number of benzene rings is 7.